The maximum Gasteiger partial charge on any atom is 0 e. The van der Waals surface area contributed by atoms with E-state index in [-0.39, 0.29) is 55.0 Å². The van der Waals surface area contributed by atoms with Gasteiger partial charge in [-0.15, -0.1) is 0 Å². The van der Waals surface area contributed by atoms with Crippen LogP contribution in [0.2, 0.25) is 0 Å². The van der Waals surface area contributed by atoms with Gasteiger partial charge in [-0.1, -0.05) is 0 Å². The van der Waals surface area contributed by atoms with Gasteiger partial charge in [0.2, 0.25) is 0 Å². The molecule has 27 valence electrons. The Morgan fingerprint density at radius 2 is 1.00 bits per heavy atom. The maximum absolute atomic E-state index is 0. The number of hydrogen-bond donors (Lipinski definition) is 0. The van der Waals surface area contributed by atoms with Crippen molar-refractivity contribution in [3.63, 3.8) is 0 Å². The average molecular weight is 199 g/mol. The molecular formula is H5MoOPV. The van der Waals surface area contributed by atoms with E-state index in [1.165, 1.54) is 0 Å². The van der Waals surface area contributed by atoms with Gasteiger partial charge in [0.1, 0.15) is 0 Å². The van der Waals surface area contributed by atoms with E-state index < -0.39 is 0 Å². The normalized spacial score (nSPS) is 0. The third-order valence-electron chi connectivity index (χ3n) is 0. The topological polar surface area (TPSA) is 31.5 Å². The second kappa shape index (κ2) is 22.6. The molecule has 0 heterocycles. The van der Waals surface area contributed by atoms with Crippen LogP contribution in [0.15, 0.2) is 0 Å². The monoisotopic (exact) mass is 201 g/mol. The van der Waals surface area contributed by atoms with Gasteiger partial charge in [0.25, 0.3) is 0 Å². The van der Waals surface area contributed by atoms with Crippen LogP contribution in [0.5, 0.6) is 0 Å². The molecule has 0 aliphatic heterocycles. The van der Waals surface area contributed by atoms with Crippen molar-refractivity contribution < 1.29 is 45.1 Å². The van der Waals surface area contributed by atoms with Gasteiger partial charge < -0.3 is 5.48 Å². The molecule has 0 amide bonds. The first-order valence-corrected chi connectivity index (χ1v) is 0. The second-order valence-corrected chi connectivity index (χ2v) is 0. The fourth-order valence-corrected chi connectivity index (χ4v) is 0. The summed E-state index contributed by atoms with van der Waals surface area (Å²) in [7, 11) is 0. The molecule has 0 aromatic carbocycles. The molecule has 1 atom stereocenters. The Morgan fingerprint density at radius 1 is 1.00 bits per heavy atom. The van der Waals surface area contributed by atoms with Crippen molar-refractivity contribution in [1.29, 1.82) is 0 Å². The summed E-state index contributed by atoms with van der Waals surface area (Å²) in [6.45, 7) is 0. The summed E-state index contributed by atoms with van der Waals surface area (Å²) in [6, 6.07) is 0. The quantitative estimate of drug-likeness (QED) is 0.362. The Balaban J connectivity index is 0. The van der Waals surface area contributed by atoms with E-state index in [1.54, 1.807) is 0 Å². The Hall–Kier alpha value is 1.66. The van der Waals surface area contributed by atoms with Gasteiger partial charge in [-0.25, -0.2) is 0 Å². The Morgan fingerprint density at radius 3 is 1.00 bits per heavy atom. The molecule has 0 bridgehead atoms. The average Bonchev–Trinajstić information content (AvgIpc) is 0. The van der Waals surface area contributed by atoms with E-state index in [1.807, 2.05) is 0 Å². The molecule has 0 fully saturated rings. The Bertz CT molecular complexity index is 8.00. The van der Waals surface area contributed by atoms with E-state index in [0.717, 1.165) is 0 Å². The number of hydrogen-bond acceptors (Lipinski definition) is 0. The number of rotatable bonds is 0. The van der Waals surface area contributed by atoms with Gasteiger partial charge >= 0.3 is 0 Å². The molecule has 0 aromatic rings. The summed E-state index contributed by atoms with van der Waals surface area (Å²) in [5.41, 5.74) is 0. The predicted molar refractivity (Wildman–Crippen MR) is 14.7 cm³/mol. The van der Waals surface area contributed by atoms with Gasteiger partial charge in [0.05, 0.1) is 0 Å². The van der Waals surface area contributed by atoms with Crippen LogP contribution >= 0.6 is 9.90 Å². The Kier molecular flexibility index (Phi) is 252. The molecule has 4 heavy (non-hydrogen) atoms. The summed E-state index contributed by atoms with van der Waals surface area (Å²) in [4.78, 5) is 0. The fourth-order valence-electron chi connectivity index (χ4n) is 0. The summed E-state index contributed by atoms with van der Waals surface area (Å²) in [6.07, 6.45) is 0. The van der Waals surface area contributed by atoms with Crippen LogP contribution in [-0.4, -0.2) is 5.48 Å². The smallest absolute Gasteiger partial charge is 0 e. The molecule has 1 unspecified atom stereocenters. The van der Waals surface area contributed by atoms with Crippen molar-refractivity contribution in [3.05, 3.63) is 0 Å². The van der Waals surface area contributed by atoms with E-state index in [0.29, 0.717) is 0 Å². The first-order chi connectivity index (χ1) is 0. The van der Waals surface area contributed by atoms with E-state index in [4.69, 9.17) is 0 Å². The zero-order valence-electron chi connectivity index (χ0n) is 2.06. The molecular weight excluding hydrogens is 194 g/mol. The van der Waals surface area contributed by atoms with Gasteiger partial charge in [-0.3, -0.25) is 0 Å². The van der Waals surface area contributed by atoms with E-state index in [2.05, 4.69) is 0 Å². The molecule has 2 N–H and O–H groups in total. The van der Waals surface area contributed by atoms with Gasteiger partial charge in [0.15, 0.2) is 0 Å². The van der Waals surface area contributed by atoms with Crippen LogP contribution in [0.4, 0.5) is 0 Å². The van der Waals surface area contributed by atoms with Crippen molar-refractivity contribution in [1.82, 2.24) is 0 Å². The van der Waals surface area contributed by atoms with Crippen LogP contribution in [0.25, 0.3) is 0 Å². The minimum absolute atomic E-state index is 0. The SMILES string of the molecule is O.P.[Mo].[V]. The van der Waals surface area contributed by atoms with Crippen molar-refractivity contribution in [3.8, 4) is 0 Å². The third kappa shape index (κ3) is 9.39. The molecule has 0 aromatic heterocycles. The molecule has 0 aliphatic rings. The molecule has 1 radical (unpaired) electrons. The first-order valence-electron chi connectivity index (χ1n) is 0. The minimum Gasteiger partial charge on any atom is -0.412 e. The van der Waals surface area contributed by atoms with Crippen molar-refractivity contribution in [2.45, 2.75) is 0 Å². The minimum atomic E-state index is 0. The van der Waals surface area contributed by atoms with E-state index in [9.17, 15) is 0 Å². The van der Waals surface area contributed by atoms with Crippen molar-refractivity contribution >= 4 is 9.90 Å². The van der Waals surface area contributed by atoms with Gasteiger partial charge in [0, 0.05) is 39.6 Å². The maximum atomic E-state index is 0. The summed E-state index contributed by atoms with van der Waals surface area (Å²) in [5, 5.41) is 0. The van der Waals surface area contributed by atoms with Crippen LogP contribution in [0.1, 0.15) is 0 Å². The zero-order valence-corrected chi connectivity index (χ0v) is 6.88. The van der Waals surface area contributed by atoms with Gasteiger partial charge in [-0.2, -0.15) is 9.90 Å². The van der Waals surface area contributed by atoms with E-state index >= 15 is 0 Å². The van der Waals surface area contributed by atoms with Crippen LogP contribution < -0.4 is 0 Å². The standard InChI is InChI=1S/Mo.H2O.H3P.V/h;1H2;1H3;. The van der Waals surface area contributed by atoms with Gasteiger partial charge in [-0.05, 0) is 0 Å². The summed E-state index contributed by atoms with van der Waals surface area (Å²) < 4.78 is 0. The van der Waals surface area contributed by atoms with Crippen molar-refractivity contribution in [2.24, 2.45) is 0 Å². The summed E-state index contributed by atoms with van der Waals surface area (Å²) >= 11 is 0. The molecule has 1 nitrogen and oxygen atoms in total. The second-order valence-electron chi connectivity index (χ2n) is 0. The molecule has 0 saturated heterocycles. The van der Waals surface area contributed by atoms with Crippen LogP contribution in [-0.2, 0) is 39.6 Å². The Labute approximate surface area is 55.0 Å². The van der Waals surface area contributed by atoms with Crippen LogP contribution in [0.3, 0.4) is 0 Å². The molecule has 0 saturated carbocycles. The molecule has 0 spiro atoms. The van der Waals surface area contributed by atoms with Crippen molar-refractivity contribution in [2.75, 3.05) is 0 Å². The molecule has 0 aliphatic carbocycles. The zero-order chi connectivity index (χ0) is 0. The largest absolute Gasteiger partial charge is 0.412 e. The predicted octanol–water partition coefficient (Wildman–Crippen LogP) is -0.772. The summed E-state index contributed by atoms with van der Waals surface area (Å²) in [5.74, 6) is 0. The molecule has 4 heteroatoms. The third-order valence-corrected chi connectivity index (χ3v) is 0. The molecule has 0 rings (SSSR count). The fraction of sp³-hybridized carbons (Fsp3) is 0. The first kappa shape index (κ1) is 44.5. The van der Waals surface area contributed by atoms with Crippen LogP contribution in [0, 0.1) is 0 Å².